The van der Waals surface area contributed by atoms with Crippen LogP contribution in [0.3, 0.4) is 0 Å². The lowest BCUT2D eigenvalue weighted by Crippen LogP contribution is -2.29. The van der Waals surface area contributed by atoms with Gasteiger partial charge in [-0.1, -0.05) is 40.5 Å². The van der Waals surface area contributed by atoms with E-state index >= 15 is 0 Å². The second kappa shape index (κ2) is 7.80. The van der Waals surface area contributed by atoms with Crippen LogP contribution in [0.1, 0.15) is 17.0 Å². The van der Waals surface area contributed by atoms with E-state index in [0.717, 1.165) is 11.1 Å². The predicted octanol–water partition coefficient (Wildman–Crippen LogP) is 3.87. The van der Waals surface area contributed by atoms with Crippen molar-refractivity contribution in [2.24, 2.45) is 0 Å². The molecule has 142 valence electrons. The van der Waals surface area contributed by atoms with Gasteiger partial charge in [0.05, 0.1) is 4.90 Å². The second-order valence-corrected chi connectivity index (χ2v) is 8.75. The molecule has 0 aliphatic carbocycles. The fourth-order valence-electron chi connectivity index (χ4n) is 2.66. The molecule has 0 saturated heterocycles. The van der Waals surface area contributed by atoms with Gasteiger partial charge in [0.25, 0.3) is 5.89 Å². The Morgan fingerprint density at radius 1 is 1.15 bits per heavy atom. The molecule has 6 nitrogen and oxygen atoms in total. The molecule has 0 spiro atoms. The van der Waals surface area contributed by atoms with Gasteiger partial charge in [0.1, 0.15) is 0 Å². The topological polar surface area (TPSA) is 76.3 Å². The van der Waals surface area contributed by atoms with E-state index < -0.39 is 10.0 Å². The Bertz CT molecular complexity index is 1060. The molecule has 0 aliphatic rings. The lowest BCUT2D eigenvalue weighted by atomic mass is 10.1. The highest BCUT2D eigenvalue weighted by atomic mass is 35.5. The van der Waals surface area contributed by atoms with Crippen LogP contribution in [0.2, 0.25) is 5.02 Å². The number of benzene rings is 2. The van der Waals surface area contributed by atoms with Crippen molar-refractivity contribution in [3.63, 3.8) is 0 Å². The van der Waals surface area contributed by atoms with Gasteiger partial charge in [-0.15, -0.1) is 0 Å². The lowest BCUT2D eigenvalue weighted by molar-refractivity contribution is 0.415. The molecule has 0 saturated carbocycles. The average Bonchev–Trinajstić information content (AvgIpc) is 3.11. The Hall–Kier alpha value is -2.22. The average molecular weight is 406 g/mol. The molecule has 27 heavy (non-hydrogen) atoms. The summed E-state index contributed by atoms with van der Waals surface area (Å²) in [4.78, 5) is 4.56. The van der Waals surface area contributed by atoms with Gasteiger partial charge >= 0.3 is 0 Å². The zero-order valence-electron chi connectivity index (χ0n) is 15.3. The molecule has 0 radical (unpaired) electrons. The third-order valence-electron chi connectivity index (χ3n) is 4.29. The molecule has 1 heterocycles. The van der Waals surface area contributed by atoms with Gasteiger partial charge < -0.3 is 4.52 Å². The van der Waals surface area contributed by atoms with E-state index in [2.05, 4.69) is 10.1 Å². The van der Waals surface area contributed by atoms with Crippen molar-refractivity contribution in [3.8, 4) is 11.5 Å². The minimum Gasteiger partial charge on any atom is -0.334 e. The van der Waals surface area contributed by atoms with Crippen molar-refractivity contribution in [2.75, 3.05) is 13.6 Å². The van der Waals surface area contributed by atoms with E-state index in [1.807, 2.05) is 31.2 Å². The van der Waals surface area contributed by atoms with Gasteiger partial charge in [0.2, 0.25) is 10.0 Å². The van der Waals surface area contributed by atoms with Crippen molar-refractivity contribution in [3.05, 3.63) is 64.4 Å². The number of rotatable bonds is 6. The third-order valence-corrected chi connectivity index (χ3v) is 6.70. The first kappa shape index (κ1) is 19.5. The number of hydrogen-bond acceptors (Lipinski definition) is 5. The highest BCUT2D eigenvalue weighted by Gasteiger charge is 2.24. The normalized spacial score (nSPS) is 11.9. The van der Waals surface area contributed by atoms with Gasteiger partial charge in [-0.3, -0.25) is 0 Å². The van der Waals surface area contributed by atoms with Crippen LogP contribution in [0.4, 0.5) is 0 Å². The van der Waals surface area contributed by atoms with Crippen molar-refractivity contribution >= 4 is 21.6 Å². The van der Waals surface area contributed by atoms with E-state index in [4.69, 9.17) is 16.1 Å². The summed E-state index contributed by atoms with van der Waals surface area (Å²) in [5.74, 6) is 0.876. The minimum absolute atomic E-state index is 0.200. The first-order valence-corrected chi connectivity index (χ1v) is 10.2. The van der Waals surface area contributed by atoms with Gasteiger partial charge in [0, 0.05) is 30.6 Å². The van der Waals surface area contributed by atoms with Gasteiger partial charge in [-0.05, 0) is 43.7 Å². The van der Waals surface area contributed by atoms with E-state index in [0.29, 0.717) is 28.7 Å². The molecular weight excluding hydrogens is 386 g/mol. The van der Waals surface area contributed by atoms with Crippen LogP contribution >= 0.6 is 11.6 Å². The zero-order valence-corrected chi connectivity index (χ0v) is 16.9. The third kappa shape index (κ3) is 4.21. The Kier molecular flexibility index (Phi) is 5.64. The maximum absolute atomic E-state index is 12.8. The monoisotopic (exact) mass is 405 g/mol. The highest BCUT2D eigenvalue weighted by molar-refractivity contribution is 7.89. The van der Waals surface area contributed by atoms with E-state index in [1.54, 1.807) is 25.1 Å². The molecule has 2 aromatic carbocycles. The molecular formula is C19H20ClN3O3S. The number of sulfonamides is 1. The maximum Gasteiger partial charge on any atom is 0.257 e. The van der Waals surface area contributed by atoms with Crippen LogP contribution in [-0.4, -0.2) is 36.5 Å². The zero-order chi connectivity index (χ0) is 19.6. The Morgan fingerprint density at radius 2 is 1.89 bits per heavy atom. The standard InChI is InChI=1S/C19H20ClN3O3S/c1-13-6-4-7-15(12-13)19-21-18(22-26-19)10-11-23(3)27(24,25)17-9-5-8-16(20)14(17)2/h4-9,12H,10-11H2,1-3H3. The van der Waals surface area contributed by atoms with Crippen molar-refractivity contribution in [2.45, 2.75) is 25.2 Å². The summed E-state index contributed by atoms with van der Waals surface area (Å²) in [6.45, 7) is 3.90. The number of aromatic nitrogens is 2. The highest BCUT2D eigenvalue weighted by Crippen LogP contribution is 2.25. The van der Waals surface area contributed by atoms with Crippen LogP contribution in [-0.2, 0) is 16.4 Å². The molecule has 0 aliphatic heterocycles. The van der Waals surface area contributed by atoms with Gasteiger partial charge in [-0.2, -0.15) is 4.98 Å². The van der Waals surface area contributed by atoms with E-state index in [1.165, 1.54) is 11.4 Å². The lowest BCUT2D eigenvalue weighted by Gasteiger charge is -2.18. The Morgan fingerprint density at radius 3 is 2.63 bits per heavy atom. The number of hydrogen-bond donors (Lipinski definition) is 0. The van der Waals surface area contributed by atoms with E-state index in [9.17, 15) is 8.42 Å². The summed E-state index contributed by atoms with van der Waals surface area (Å²) in [6.07, 6.45) is 0.338. The number of aryl methyl sites for hydroxylation is 1. The molecule has 1 aromatic heterocycles. The van der Waals surface area contributed by atoms with Crippen LogP contribution < -0.4 is 0 Å². The Balaban J connectivity index is 1.72. The van der Waals surface area contributed by atoms with Crippen LogP contribution in [0.15, 0.2) is 51.9 Å². The van der Waals surface area contributed by atoms with Crippen LogP contribution in [0.5, 0.6) is 0 Å². The second-order valence-electron chi connectivity index (χ2n) is 6.32. The molecule has 0 atom stereocenters. The molecule has 0 amide bonds. The quantitative estimate of drug-likeness (QED) is 0.622. The Labute approximate surface area is 163 Å². The molecule has 3 rings (SSSR count). The molecule has 0 fully saturated rings. The number of halogens is 1. The van der Waals surface area contributed by atoms with Crippen molar-refractivity contribution in [1.29, 1.82) is 0 Å². The molecule has 8 heteroatoms. The van der Waals surface area contributed by atoms with Gasteiger partial charge in [-0.25, -0.2) is 12.7 Å². The summed E-state index contributed by atoms with van der Waals surface area (Å²) in [7, 11) is -2.13. The first-order chi connectivity index (χ1) is 12.8. The summed E-state index contributed by atoms with van der Waals surface area (Å²) < 4.78 is 32.2. The van der Waals surface area contributed by atoms with Gasteiger partial charge in [0.15, 0.2) is 5.82 Å². The first-order valence-electron chi connectivity index (χ1n) is 8.40. The SMILES string of the molecule is Cc1cccc(-c2nc(CCN(C)S(=O)(=O)c3cccc(Cl)c3C)no2)c1. The molecule has 3 aromatic rings. The fraction of sp³-hybridized carbons (Fsp3) is 0.263. The molecule has 0 unspecified atom stereocenters. The van der Waals surface area contributed by atoms with Crippen LogP contribution in [0, 0.1) is 13.8 Å². The van der Waals surface area contributed by atoms with Crippen molar-refractivity contribution in [1.82, 2.24) is 14.4 Å². The largest absolute Gasteiger partial charge is 0.334 e. The fourth-order valence-corrected chi connectivity index (χ4v) is 4.31. The molecule has 0 bridgehead atoms. The summed E-state index contributed by atoms with van der Waals surface area (Å²) in [5, 5.41) is 4.37. The summed E-state index contributed by atoms with van der Waals surface area (Å²) >= 11 is 6.05. The minimum atomic E-state index is -3.65. The smallest absolute Gasteiger partial charge is 0.257 e. The van der Waals surface area contributed by atoms with Crippen LogP contribution in [0.25, 0.3) is 11.5 Å². The summed E-state index contributed by atoms with van der Waals surface area (Å²) in [5.41, 5.74) is 2.46. The summed E-state index contributed by atoms with van der Waals surface area (Å²) in [6, 6.07) is 12.6. The maximum atomic E-state index is 12.8. The van der Waals surface area contributed by atoms with E-state index in [-0.39, 0.29) is 11.4 Å². The van der Waals surface area contributed by atoms with Crippen molar-refractivity contribution < 1.29 is 12.9 Å². The predicted molar refractivity (Wildman–Crippen MR) is 104 cm³/mol. The molecule has 0 N–H and O–H groups in total. The number of likely N-dealkylation sites (N-methyl/N-ethyl adjacent to an activating group) is 1. The number of nitrogens with zero attached hydrogens (tertiary/aromatic N) is 3.